The monoisotopic (exact) mass is 533 g/mol. The lowest BCUT2D eigenvalue weighted by Crippen LogP contribution is -2.33. The SMILES string of the molecule is CSCCNc1nc(CCC(F)(F)F)nc2c1ncn2[C@@H]1O[C@H](COP(O)(O)=S)[C@@H](O)[C@H]1O. The molecule has 0 spiro atoms. The van der Waals surface area contributed by atoms with Crippen molar-refractivity contribution in [2.24, 2.45) is 0 Å². The number of thioether (sulfide) groups is 1. The third kappa shape index (κ3) is 6.96. The van der Waals surface area contributed by atoms with Crippen LogP contribution in [0.3, 0.4) is 0 Å². The van der Waals surface area contributed by atoms with E-state index in [0.29, 0.717) is 12.3 Å². The van der Waals surface area contributed by atoms with Crippen LogP contribution >= 0.6 is 18.5 Å². The summed E-state index contributed by atoms with van der Waals surface area (Å²) in [5, 5.41) is 23.8. The molecule has 0 aromatic carbocycles. The van der Waals surface area contributed by atoms with Crippen molar-refractivity contribution >= 4 is 47.3 Å². The topological polar surface area (TPSA) is 155 Å². The van der Waals surface area contributed by atoms with Crippen LogP contribution in [0, 0.1) is 0 Å². The Morgan fingerprint density at radius 2 is 2.03 bits per heavy atom. The van der Waals surface area contributed by atoms with Gasteiger partial charge in [-0.2, -0.15) is 24.9 Å². The number of hydrogen-bond donors (Lipinski definition) is 5. The summed E-state index contributed by atoms with van der Waals surface area (Å²) in [5.74, 6) is 0.868. The fraction of sp³-hybridized carbons (Fsp3) is 0.688. The molecule has 0 bridgehead atoms. The highest BCUT2D eigenvalue weighted by atomic mass is 32.5. The molecule has 186 valence electrons. The van der Waals surface area contributed by atoms with Gasteiger partial charge >= 0.3 is 12.9 Å². The molecule has 4 atom stereocenters. The normalized spacial score (nSPS) is 24.0. The molecule has 2 aromatic rings. The van der Waals surface area contributed by atoms with E-state index in [2.05, 4.69) is 32.1 Å². The molecule has 0 saturated carbocycles. The predicted molar refractivity (Wildman–Crippen MR) is 117 cm³/mol. The summed E-state index contributed by atoms with van der Waals surface area (Å²) >= 11 is 5.93. The van der Waals surface area contributed by atoms with Crippen LogP contribution in [0.1, 0.15) is 18.5 Å². The van der Waals surface area contributed by atoms with E-state index < -0.39 is 56.9 Å². The highest BCUT2D eigenvalue weighted by molar-refractivity contribution is 8.06. The van der Waals surface area contributed by atoms with E-state index in [1.807, 2.05) is 6.26 Å². The summed E-state index contributed by atoms with van der Waals surface area (Å²) in [7, 11) is 0. The van der Waals surface area contributed by atoms with Crippen LogP contribution in [0.5, 0.6) is 0 Å². The minimum Gasteiger partial charge on any atom is -0.387 e. The quantitative estimate of drug-likeness (QED) is 0.218. The Morgan fingerprint density at radius 3 is 2.67 bits per heavy atom. The largest absolute Gasteiger partial charge is 0.389 e. The number of ether oxygens (including phenoxy) is 1. The highest BCUT2D eigenvalue weighted by Crippen LogP contribution is 2.39. The number of nitrogens with one attached hydrogen (secondary N) is 1. The lowest BCUT2D eigenvalue weighted by Gasteiger charge is -2.17. The maximum Gasteiger partial charge on any atom is 0.389 e. The summed E-state index contributed by atoms with van der Waals surface area (Å²) in [6.45, 7) is -4.03. The first-order valence-corrected chi connectivity index (χ1v) is 13.7. The van der Waals surface area contributed by atoms with Crippen molar-refractivity contribution in [3.05, 3.63) is 12.2 Å². The van der Waals surface area contributed by atoms with Gasteiger partial charge in [0.1, 0.15) is 24.1 Å². The zero-order valence-electron chi connectivity index (χ0n) is 17.2. The van der Waals surface area contributed by atoms with E-state index in [4.69, 9.17) is 9.26 Å². The standard InChI is InChI=1S/C16H23F3N5O6PS2/c1-33-5-4-20-13-10-14(23-9(22-13)2-3-16(17,18)19)24(7-21-10)15-12(26)11(25)8(30-15)6-29-31(27,28)32/h7-8,11-12,15,25-26H,2-6H2,1H3,(H,20,22,23)(H2,27,28,32)/t8-,11-,12-,15-/m1/s1. The molecule has 2 aromatic heterocycles. The molecular weight excluding hydrogens is 510 g/mol. The van der Waals surface area contributed by atoms with Gasteiger partial charge in [0.05, 0.1) is 19.4 Å². The van der Waals surface area contributed by atoms with Gasteiger partial charge in [-0.3, -0.25) is 4.57 Å². The summed E-state index contributed by atoms with van der Waals surface area (Å²) in [5.41, 5.74) is 0.346. The van der Waals surface area contributed by atoms with Gasteiger partial charge in [0.2, 0.25) is 0 Å². The second kappa shape index (κ2) is 10.7. The minimum absolute atomic E-state index is 0.0811. The molecule has 0 unspecified atom stereocenters. The number of nitrogens with zero attached hydrogens (tertiary/aromatic N) is 4. The lowest BCUT2D eigenvalue weighted by atomic mass is 10.1. The average Bonchev–Trinajstić information content (AvgIpc) is 3.25. The summed E-state index contributed by atoms with van der Waals surface area (Å²) in [6, 6.07) is 0. The average molecular weight is 533 g/mol. The van der Waals surface area contributed by atoms with E-state index in [-0.39, 0.29) is 22.8 Å². The summed E-state index contributed by atoms with van der Waals surface area (Å²) in [4.78, 5) is 31.0. The molecule has 1 saturated heterocycles. The Bertz CT molecular complexity index is 1010. The fourth-order valence-corrected chi connectivity index (χ4v) is 4.01. The van der Waals surface area contributed by atoms with Crippen molar-refractivity contribution in [2.45, 2.75) is 43.6 Å². The number of rotatable bonds is 10. The van der Waals surface area contributed by atoms with Crippen molar-refractivity contribution in [1.82, 2.24) is 19.5 Å². The van der Waals surface area contributed by atoms with Crippen LogP contribution in [0.2, 0.25) is 0 Å². The van der Waals surface area contributed by atoms with Gasteiger partial charge in [-0.15, -0.1) is 0 Å². The van der Waals surface area contributed by atoms with Gasteiger partial charge in [0.15, 0.2) is 23.2 Å². The molecule has 33 heavy (non-hydrogen) atoms. The van der Waals surface area contributed by atoms with Gasteiger partial charge in [-0.25, -0.2) is 15.0 Å². The number of aryl methyl sites for hydroxylation is 1. The van der Waals surface area contributed by atoms with Crippen molar-refractivity contribution in [3.63, 3.8) is 0 Å². The number of aromatic nitrogens is 4. The van der Waals surface area contributed by atoms with Crippen molar-refractivity contribution in [3.8, 4) is 0 Å². The first kappa shape index (κ1) is 26.5. The number of aliphatic hydroxyl groups is 2. The smallest absolute Gasteiger partial charge is 0.387 e. The number of imidazole rings is 1. The third-order valence-electron chi connectivity index (χ3n) is 4.72. The van der Waals surface area contributed by atoms with Gasteiger partial charge in [0.25, 0.3) is 0 Å². The third-order valence-corrected chi connectivity index (χ3v) is 6.13. The van der Waals surface area contributed by atoms with E-state index in [0.717, 1.165) is 0 Å². The van der Waals surface area contributed by atoms with E-state index in [1.54, 1.807) is 11.8 Å². The van der Waals surface area contributed by atoms with E-state index in [1.165, 1.54) is 10.9 Å². The molecule has 1 fully saturated rings. The van der Waals surface area contributed by atoms with Gasteiger partial charge < -0.3 is 34.6 Å². The lowest BCUT2D eigenvalue weighted by molar-refractivity contribution is -0.134. The molecule has 1 aliphatic heterocycles. The maximum atomic E-state index is 12.7. The fourth-order valence-electron chi connectivity index (χ4n) is 3.18. The number of alkyl halides is 3. The Hall–Kier alpha value is -1.10. The summed E-state index contributed by atoms with van der Waals surface area (Å²) in [6.07, 6.45) is -8.16. The van der Waals surface area contributed by atoms with Gasteiger partial charge in [0, 0.05) is 18.7 Å². The van der Waals surface area contributed by atoms with Gasteiger partial charge in [-0.05, 0) is 18.1 Å². The number of aliphatic hydroxyl groups excluding tert-OH is 2. The van der Waals surface area contributed by atoms with Crippen molar-refractivity contribution < 1.29 is 42.4 Å². The van der Waals surface area contributed by atoms with Crippen LogP contribution in [-0.2, 0) is 27.5 Å². The molecule has 3 heterocycles. The molecule has 11 nitrogen and oxygen atoms in total. The molecule has 0 amide bonds. The molecule has 17 heteroatoms. The predicted octanol–water partition coefficient (Wildman–Crippen LogP) is 0.941. The number of halogens is 3. The molecule has 0 radical (unpaired) electrons. The molecule has 1 aliphatic rings. The van der Waals surface area contributed by atoms with E-state index >= 15 is 0 Å². The van der Waals surface area contributed by atoms with Gasteiger partial charge in [-0.1, -0.05) is 0 Å². The molecule has 5 N–H and O–H groups in total. The Morgan fingerprint density at radius 1 is 1.30 bits per heavy atom. The van der Waals surface area contributed by atoms with Crippen molar-refractivity contribution in [1.29, 1.82) is 0 Å². The number of hydrogen-bond acceptors (Lipinski definition) is 10. The summed E-state index contributed by atoms with van der Waals surface area (Å²) < 4.78 is 49.8. The minimum atomic E-state index is -4.39. The first-order valence-electron chi connectivity index (χ1n) is 9.64. The zero-order chi connectivity index (χ0) is 24.4. The first-order chi connectivity index (χ1) is 15.4. The van der Waals surface area contributed by atoms with Crippen LogP contribution < -0.4 is 5.32 Å². The van der Waals surface area contributed by atoms with Crippen LogP contribution in [0.25, 0.3) is 11.2 Å². The second-order valence-electron chi connectivity index (χ2n) is 7.18. The Kier molecular flexibility index (Phi) is 8.56. The zero-order valence-corrected chi connectivity index (χ0v) is 19.7. The second-order valence-corrected chi connectivity index (χ2v) is 10.8. The number of fused-ring (bicyclic) bond motifs is 1. The highest BCUT2D eigenvalue weighted by Gasteiger charge is 2.45. The maximum absolute atomic E-state index is 12.7. The molecular formula is C16H23F3N5O6PS2. The Balaban J connectivity index is 1.92. The Labute approximate surface area is 195 Å². The van der Waals surface area contributed by atoms with Crippen LogP contribution in [0.4, 0.5) is 19.0 Å². The molecule has 0 aliphatic carbocycles. The van der Waals surface area contributed by atoms with E-state index in [9.17, 15) is 33.2 Å². The molecule has 3 rings (SSSR count). The van der Waals surface area contributed by atoms with Crippen molar-refractivity contribution in [2.75, 3.05) is 30.5 Å². The van der Waals surface area contributed by atoms with Crippen LogP contribution in [-0.4, -0.2) is 89.2 Å². The van der Waals surface area contributed by atoms with Crippen LogP contribution in [0.15, 0.2) is 6.33 Å². The number of anilines is 1.